The van der Waals surface area contributed by atoms with Gasteiger partial charge in [-0.15, -0.1) is 0 Å². The molecule has 150 valence electrons. The molecule has 6 nitrogen and oxygen atoms in total. The molecule has 0 unspecified atom stereocenters. The molecular formula is C22H30N4O2. The Morgan fingerprint density at radius 2 is 1.50 bits per heavy atom. The molecule has 2 amide bonds. The highest BCUT2D eigenvalue weighted by molar-refractivity contribution is 6.06. The van der Waals surface area contributed by atoms with Gasteiger partial charge in [-0.05, 0) is 63.7 Å². The van der Waals surface area contributed by atoms with E-state index in [1.54, 1.807) is 0 Å². The maximum atomic E-state index is 13.6. The third-order valence-corrected chi connectivity index (χ3v) is 7.43. The second-order valence-electron chi connectivity index (χ2n) is 8.93. The summed E-state index contributed by atoms with van der Waals surface area (Å²) in [6, 6.07) is 7.84. The van der Waals surface area contributed by atoms with Crippen molar-refractivity contribution in [2.75, 3.05) is 36.8 Å². The fourth-order valence-corrected chi connectivity index (χ4v) is 5.77. The highest BCUT2D eigenvalue weighted by Crippen LogP contribution is 2.41. The minimum atomic E-state index is -0.596. The van der Waals surface area contributed by atoms with Crippen molar-refractivity contribution in [1.82, 2.24) is 9.80 Å². The summed E-state index contributed by atoms with van der Waals surface area (Å²) in [6.45, 7) is 3.42. The number of rotatable bonds is 2. The number of carbonyl (C=O) groups excluding carboxylic acids is 2. The van der Waals surface area contributed by atoms with Gasteiger partial charge in [0.05, 0.1) is 11.4 Å². The van der Waals surface area contributed by atoms with Gasteiger partial charge in [0.1, 0.15) is 11.1 Å². The lowest BCUT2D eigenvalue weighted by Gasteiger charge is -2.47. The summed E-state index contributed by atoms with van der Waals surface area (Å²) in [4.78, 5) is 31.0. The van der Waals surface area contributed by atoms with Gasteiger partial charge in [-0.3, -0.25) is 14.5 Å². The van der Waals surface area contributed by atoms with Crippen LogP contribution in [0.25, 0.3) is 0 Å². The van der Waals surface area contributed by atoms with Crippen LogP contribution in [0.2, 0.25) is 0 Å². The summed E-state index contributed by atoms with van der Waals surface area (Å²) >= 11 is 0. The standard InChI is InChI=1S/C22H30N4O2/c27-19-21(24-18-8-2-1-7-17(18)23-19)11-15-25(16-12-21)20(28)22(9-3-4-10-22)26-13-5-6-14-26/h1-2,7-8,24H,3-6,9-16H2,(H,23,27). The van der Waals surface area contributed by atoms with Gasteiger partial charge in [0.2, 0.25) is 11.8 Å². The first kappa shape index (κ1) is 18.0. The number of anilines is 2. The first-order valence-corrected chi connectivity index (χ1v) is 10.9. The van der Waals surface area contributed by atoms with Crippen molar-refractivity contribution in [2.24, 2.45) is 0 Å². The van der Waals surface area contributed by atoms with Gasteiger partial charge >= 0.3 is 0 Å². The first-order chi connectivity index (χ1) is 13.6. The Bertz CT molecular complexity index is 772. The zero-order chi connectivity index (χ0) is 19.2. The van der Waals surface area contributed by atoms with Crippen LogP contribution < -0.4 is 10.6 Å². The van der Waals surface area contributed by atoms with Crippen LogP contribution in [0.3, 0.4) is 0 Å². The summed E-state index contributed by atoms with van der Waals surface area (Å²) in [5, 5.41) is 6.55. The summed E-state index contributed by atoms with van der Waals surface area (Å²) in [7, 11) is 0. The van der Waals surface area contributed by atoms with Crippen LogP contribution in [0, 0.1) is 0 Å². The Balaban J connectivity index is 1.32. The average Bonchev–Trinajstić information content (AvgIpc) is 3.42. The first-order valence-electron chi connectivity index (χ1n) is 10.9. The maximum absolute atomic E-state index is 13.6. The summed E-state index contributed by atoms with van der Waals surface area (Å²) < 4.78 is 0. The Kier molecular flexibility index (Phi) is 4.34. The maximum Gasteiger partial charge on any atom is 0.250 e. The average molecular weight is 383 g/mol. The number of likely N-dealkylation sites (tertiary alicyclic amines) is 2. The van der Waals surface area contributed by atoms with Crippen LogP contribution in [0.4, 0.5) is 11.4 Å². The smallest absolute Gasteiger partial charge is 0.250 e. The largest absolute Gasteiger partial charge is 0.369 e. The van der Waals surface area contributed by atoms with Gasteiger partial charge in [-0.25, -0.2) is 0 Å². The van der Waals surface area contributed by atoms with Gasteiger partial charge in [0.25, 0.3) is 0 Å². The molecule has 5 rings (SSSR count). The summed E-state index contributed by atoms with van der Waals surface area (Å²) in [6.07, 6.45) is 8.05. The van der Waals surface area contributed by atoms with Crippen molar-refractivity contribution in [1.29, 1.82) is 0 Å². The molecule has 3 heterocycles. The van der Waals surface area contributed by atoms with E-state index in [2.05, 4.69) is 15.5 Å². The molecule has 3 aliphatic heterocycles. The quantitative estimate of drug-likeness (QED) is 0.826. The van der Waals surface area contributed by atoms with Crippen LogP contribution in [0.5, 0.6) is 0 Å². The van der Waals surface area contributed by atoms with E-state index < -0.39 is 5.54 Å². The van der Waals surface area contributed by atoms with Gasteiger partial charge in [0.15, 0.2) is 0 Å². The predicted octanol–water partition coefficient (Wildman–Crippen LogP) is 2.82. The van der Waals surface area contributed by atoms with Crippen LogP contribution in [0.1, 0.15) is 51.4 Å². The number of nitrogens with zero attached hydrogens (tertiary/aromatic N) is 2. The Hall–Kier alpha value is -2.08. The number of benzene rings is 1. The highest BCUT2D eigenvalue weighted by Gasteiger charge is 2.51. The van der Waals surface area contributed by atoms with Crippen molar-refractivity contribution in [3.63, 3.8) is 0 Å². The number of fused-ring (bicyclic) bond motifs is 1. The summed E-state index contributed by atoms with van der Waals surface area (Å²) in [5.74, 6) is 0.354. The number of carbonyl (C=O) groups is 2. The Morgan fingerprint density at radius 1 is 0.857 bits per heavy atom. The number of hydrogen-bond acceptors (Lipinski definition) is 4. The molecule has 1 aromatic rings. The lowest BCUT2D eigenvalue weighted by atomic mass is 9.83. The number of piperidine rings is 1. The minimum absolute atomic E-state index is 0.0356. The molecule has 1 spiro atoms. The molecular weight excluding hydrogens is 352 g/mol. The summed E-state index contributed by atoms with van der Waals surface area (Å²) in [5.41, 5.74) is 0.957. The van der Waals surface area contributed by atoms with E-state index in [9.17, 15) is 9.59 Å². The molecule has 4 aliphatic rings. The van der Waals surface area contributed by atoms with Crippen molar-refractivity contribution in [3.8, 4) is 0 Å². The van der Waals surface area contributed by atoms with E-state index in [-0.39, 0.29) is 11.4 Å². The minimum Gasteiger partial charge on any atom is -0.369 e. The molecule has 6 heteroatoms. The predicted molar refractivity (Wildman–Crippen MR) is 109 cm³/mol. The number of para-hydroxylation sites is 2. The van der Waals surface area contributed by atoms with E-state index in [1.807, 2.05) is 29.2 Å². The lowest BCUT2D eigenvalue weighted by molar-refractivity contribution is -0.146. The number of hydrogen-bond donors (Lipinski definition) is 2. The second-order valence-corrected chi connectivity index (χ2v) is 8.93. The van der Waals surface area contributed by atoms with E-state index in [1.165, 1.54) is 12.8 Å². The van der Waals surface area contributed by atoms with Crippen LogP contribution in [-0.4, -0.2) is 58.9 Å². The topological polar surface area (TPSA) is 64.7 Å². The molecule has 1 aliphatic carbocycles. The van der Waals surface area contributed by atoms with Gasteiger partial charge in [0, 0.05) is 13.1 Å². The SMILES string of the molecule is O=C1Nc2ccccc2NC12CCN(C(=O)C1(N3CCCC3)CCCC1)CC2. The van der Waals surface area contributed by atoms with Crippen molar-refractivity contribution in [3.05, 3.63) is 24.3 Å². The molecule has 0 atom stereocenters. The zero-order valence-electron chi connectivity index (χ0n) is 16.5. The van der Waals surface area contributed by atoms with Crippen molar-refractivity contribution >= 4 is 23.2 Å². The van der Waals surface area contributed by atoms with E-state index in [0.29, 0.717) is 31.8 Å². The number of nitrogens with one attached hydrogen (secondary N) is 2. The lowest BCUT2D eigenvalue weighted by Crippen LogP contribution is -2.63. The molecule has 2 N–H and O–H groups in total. The van der Waals surface area contributed by atoms with Crippen LogP contribution in [-0.2, 0) is 9.59 Å². The number of amides is 2. The third kappa shape index (κ3) is 2.72. The highest BCUT2D eigenvalue weighted by atomic mass is 16.2. The van der Waals surface area contributed by atoms with Gasteiger partial charge < -0.3 is 15.5 Å². The van der Waals surface area contributed by atoms with E-state index >= 15 is 0 Å². The van der Waals surface area contributed by atoms with E-state index in [0.717, 1.165) is 50.1 Å². The second kappa shape index (κ2) is 6.76. The molecule has 1 aromatic carbocycles. The molecule has 0 aromatic heterocycles. The molecule has 3 fully saturated rings. The van der Waals surface area contributed by atoms with Gasteiger partial charge in [-0.2, -0.15) is 0 Å². The normalized spacial score (nSPS) is 26.0. The van der Waals surface area contributed by atoms with Gasteiger partial charge in [-0.1, -0.05) is 25.0 Å². The molecule has 1 saturated carbocycles. The molecule has 0 radical (unpaired) electrons. The zero-order valence-corrected chi connectivity index (χ0v) is 16.5. The third-order valence-electron chi connectivity index (χ3n) is 7.43. The van der Waals surface area contributed by atoms with Crippen LogP contribution >= 0.6 is 0 Å². The van der Waals surface area contributed by atoms with Crippen molar-refractivity contribution in [2.45, 2.75) is 62.4 Å². The monoisotopic (exact) mass is 382 g/mol. The molecule has 28 heavy (non-hydrogen) atoms. The van der Waals surface area contributed by atoms with Crippen molar-refractivity contribution < 1.29 is 9.59 Å². The van der Waals surface area contributed by atoms with E-state index in [4.69, 9.17) is 0 Å². The fourth-order valence-electron chi connectivity index (χ4n) is 5.77. The molecule has 2 saturated heterocycles. The Labute approximate surface area is 166 Å². The fraction of sp³-hybridized carbons (Fsp3) is 0.636. The Morgan fingerprint density at radius 3 is 2.18 bits per heavy atom. The van der Waals surface area contributed by atoms with Crippen LogP contribution in [0.15, 0.2) is 24.3 Å². The molecule has 0 bridgehead atoms.